The van der Waals surface area contributed by atoms with Gasteiger partial charge in [0, 0.05) is 23.5 Å². The second-order valence-corrected chi connectivity index (χ2v) is 4.99. The Morgan fingerprint density at radius 1 is 1.08 bits per heavy atom. The zero-order valence-electron chi connectivity index (χ0n) is 13.7. The van der Waals surface area contributed by atoms with Gasteiger partial charge in [-0.15, -0.1) is 0 Å². The van der Waals surface area contributed by atoms with Crippen LogP contribution >= 0.6 is 0 Å². The minimum Gasteiger partial charge on any atom is -0.494 e. The molecule has 0 radical (unpaired) electrons. The van der Waals surface area contributed by atoms with Gasteiger partial charge in [-0.25, -0.2) is 0 Å². The second kappa shape index (κ2) is 9.25. The minimum absolute atomic E-state index is 0.138. The number of amides is 1. The Bertz CT molecular complexity index is 686. The first kappa shape index (κ1) is 17.4. The van der Waals surface area contributed by atoms with E-state index in [2.05, 4.69) is 17.2 Å². The molecule has 126 valence electrons. The molecule has 2 rings (SSSR count). The van der Waals surface area contributed by atoms with Gasteiger partial charge in [-0.05, 0) is 31.2 Å². The van der Waals surface area contributed by atoms with Crippen LogP contribution in [0.25, 0.3) is 0 Å². The summed E-state index contributed by atoms with van der Waals surface area (Å²) in [6.45, 7) is 6.72. The summed E-state index contributed by atoms with van der Waals surface area (Å²) in [6, 6.07) is 14.8. The van der Waals surface area contributed by atoms with Crippen molar-refractivity contribution in [3.8, 4) is 11.5 Å². The van der Waals surface area contributed by atoms with Crippen LogP contribution < -0.4 is 20.1 Å². The van der Waals surface area contributed by atoms with Gasteiger partial charge in [0.1, 0.15) is 18.1 Å². The van der Waals surface area contributed by atoms with E-state index in [1.807, 2.05) is 49.4 Å². The number of carbonyl (C=O) groups excluding carboxylic acids is 1. The van der Waals surface area contributed by atoms with Crippen LogP contribution in [-0.2, 0) is 4.79 Å². The summed E-state index contributed by atoms with van der Waals surface area (Å²) in [4.78, 5) is 12.1. The highest BCUT2D eigenvalue weighted by atomic mass is 16.5. The lowest BCUT2D eigenvalue weighted by Gasteiger charge is -2.10. The molecule has 0 aliphatic rings. The summed E-state index contributed by atoms with van der Waals surface area (Å²) in [7, 11) is 0. The maximum atomic E-state index is 12.1. The standard InChI is InChI=1S/C19H22N2O3/c1-3-11-24-18-10-5-7-15(12-18)20-14-19(22)21-16-8-6-9-17(13-16)23-4-2/h3,5-10,12-13,20H,1,4,11,14H2,2H3,(H,21,22). The summed E-state index contributed by atoms with van der Waals surface area (Å²) in [5, 5.41) is 5.91. The van der Waals surface area contributed by atoms with Gasteiger partial charge in [0.2, 0.25) is 5.91 Å². The van der Waals surface area contributed by atoms with E-state index in [1.54, 1.807) is 12.1 Å². The third-order valence-electron chi connectivity index (χ3n) is 3.08. The molecule has 1 amide bonds. The van der Waals surface area contributed by atoms with Crippen molar-refractivity contribution in [2.24, 2.45) is 0 Å². The lowest BCUT2D eigenvalue weighted by atomic mass is 10.3. The van der Waals surface area contributed by atoms with Crippen molar-refractivity contribution in [1.82, 2.24) is 0 Å². The Hall–Kier alpha value is -2.95. The van der Waals surface area contributed by atoms with Crippen molar-refractivity contribution in [3.05, 3.63) is 61.2 Å². The van der Waals surface area contributed by atoms with Crippen molar-refractivity contribution in [1.29, 1.82) is 0 Å². The SMILES string of the molecule is C=CCOc1cccc(NCC(=O)Nc2cccc(OCC)c2)c1. The van der Waals surface area contributed by atoms with E-state index in [9.17, 15) is 4.79 Å². The van der Waals surface area contributed by atoms with Gasteiger partial charge in [-0.3, -0.25) is 4.79 Å². The van der Waals surface area contributed by atoms with Crippen LogP contribution in [-0.4, -0.2) is 25.7 Å². The van der Waals surface area contributed by atoms with Crippen molar-refractivity contribution in [2.75, 3.05) is 30.4 Å². The molecular formula is C19H22N2O3. The van der Waals surface area contributed by atoms with E-state index in [0.29, 0.717) is 18.9 Å². The molecule has 0 fully saturated rings. The first-order valence-corrected chi connectivity index (χ1v) is 7.81. The van der Waals surface area contributed by atoms with E-state index >= 15 is 0 Å². The highest BCUT2D eigenvalue weighted by molar-refractivity contribution is 5.93. The molecule has 0 unspecified atom stereocenters. The quantitative estimate of drug-likeness (QED) is 0.690. The molecule has 0 heterocycles. The Labute approximate surface area is 142 Å². The number of rotatable bonds is 9. The van der Waals surface area contributed by atoms with Crippen LogP contribution in [0.5, 0.6) is 11.5 Å². The smallest absolute Gasteiger partial charge is 0.243 e. The second-order valence-electron chi connectivity index (χ2n) is 4.99. The molecule has 0 aromatic heterocycles. The molecule has 0 saturated carbocycles. The van der Waals surface area contributed by atoms with E-state index in [4.69, 9.17) is 9.47 Å². The maximum Gasteiger partial charge on any atom is 0.243 e. The Balaban J connectivity index is 1.86. The molecule has 5 heteroatoms. The maximum absolute atomic E-state index is 12.1. The van der Waals surface area contributed by atoms with E-state index in [1.165, 1.54) is 0 Å². The molecule has 5 nitrogen and oxygen atoms in total. The molecular weight excluding hydrogens is 304 g/mol. The Morgan fingerprint density at radius 3 is 2.46 bits per heavy atom. The number of hydrogen-bond donors (Lipinski definition) is 2. The number of ether oxygens (including phenoxy) is 2. The number of hydrogen-bond acceptors (Lipinski definition) is 4. The summed E-state index contributed by atoms with van der Waals surface area (Å²) < 4.78 is 10.9. The first-order valence-electron chi connectivity index (χ1n) is 7.81. The lowest BCUT2D eigenvalue weighted by molar-refractivity contribution is -0.114. The predicted molar refractivity (Wildman–Crippen MR) is 96.9 cm³/mol. The van der Waals surface area contributed by atoms with Crippen LogP contribution in [0.2, 0.25) is 0 Å². The zero-order valence-corrected chi connectivity index (χ0v) is 13.7. The predicted octanol–water partition coefficient (Wildman–Crippen LogP) is 3.70. The number of nitrogens with one attached hydrogen (secondary N) is 2. The van der Waals surface area contributed by atoms with Crippen molar-refractivity contribution >= 4 is 17.3 Å². The summed E-state index contributed by atoms with van der Waals surface area (Å²) in [5.41, 5.74) is 1.52. The van der Waals surface area contributed by atoms with Crippen LogP contribution in [0.3, 0.4) is 0 Å². The van der Waals surface area contributed by atoms with Crippen molar-refractivity contribution in [2.45, 2.75) is 6.92 Å². The third-order valence-corrected chi connectivity index (χ3v) is 3.08. The molecule has 2 N–H and O–H groups in total. The zero-order chi connectivity index (χ0) is 17.2. The highest BCUT2D eigenvalue weighted by Gasteiger charge is 2.04. The van der Waals surface area contributed by atoms with Gasteiger partial charge in [0.25, 0.3) is 0 Å². The Kier molecular flexibility index (Phi) is 6.71. The van der Waals surface area contributed by atoms with Crippen LogP contribution in [0.1, 0.15) is 6.92 Å². The largest absolute Gasteiger partial charge is 0.494 e. The first-order chi connectivity index (χ1) is 11.7. The van der Waals surface area contributed by atoms with Gasteiger partial charge in [-0.1, -0.05) is 24.8 Å². The van der Waals surface area contributed by atoms with Crippen LogP contribution in [0, 0.1) is 0 Å². The fourth-order valence-electron chi connectivity index (χ4n) is 2.07. The average Bonchev–Trinajstić information content (AvgIpc) is 2.59. The van der Waals surface area contributed by atoms with Crippen LogP contribution in [0.15, 0.2) is 61.2 Å². The van der Waals surface area contributed by atoms with E-state index in [0.717, 1.165) is 17.2 Å². The minimum atomic E-state index is -0.138. The fraction of sp³-hybridized carbons (Fsp3) is 0.211. The molecule has 0 bridgehead atoms. The number of benzene rings is 2. The molecule has 0 aliphatic heterocycles. The normalized spacial score (nSPS) is 9.88. The number of anilines is 2. The lowest BCUT2D eigenvalue weighted by Crippen LogP contribution is -2.21. The monoisotopic (exact) mass is 326 g/mol. The molecule has 0 saturated heterocycles. The van der Waals surface area contributed by atoms with Gasteiger partial charge >= 0.3 is 0 Å². The molecule has 0 spiro atoms. The third kappa shape index (κ3) is 5.68. The molecule has 2 aromatic rings. The topological polar surface area (TPSA) is 59.6 Å². The summed E-state index contributed by atoms with van der Waals surface area (Å²) in [5.74, 6) is 1.32. The summed E-state index contributed by atoms with van der Waals surface area (Å²) >= 11 is 0. The number of carbonyl (C=O) groups is 1. The Morgan fingerprint density at radius 2 is 1.75 bits per heavy atom. The van der Waals surface area contributed by atoms with Gasteiger partial charge < -0.3 is 20.1 Å². The highest BCUT2D eigenvalue weighted by Crippen LogP contribution is 2.18. The average molecular weight is 326 g/mol. The van der Waals surface area contributed by atoms with Crippen LogP contribution in [0.4, 0.5) is 11.4 Å². The van der Waals surface area contributed by atoms with E-state index in [-0.39, 0.29) is 12.5 Å². The van der Waals surface area contributed by atoms with Crippen molar-refractivity contribution < 1.29 is 14.3 Å². The summed E-state index contributed by atoms with van der Waals surface area (Å²) in [6.07, 6.45) is 1.68. The molecule has 24 heavy (non-hydrogen) atoms. The molecule has 2 aromatic carbocycles. The van der Waals surface area contributed by atoms with Gasteiger partial charge in [0.15, 0.2) is 0 Å². The van der Waals surface area contributed by atoms with Crippen molar-refractivity contribution in [3.63, 3.8) is 0 Å². The van der Waals surface area contributed by atoms with Gasteiger partial charge in [-0.2, -0.15) is 0 Å². The van der Waals surface area contributed by atoms with E-state index < -0.39 is 0 Å². The fourth-order valence-corrected chi connectivity index (χ4v) is 2.07. The molecule has 0 aliphatic carbocycles. The molecule has 0 atom stereocenters. The van der Waals surface area contributed by atoms with Gasteiger partial charge in [0.05, 0.1) is 13.2 Å².